The summed E-state index contributed by atoms with van der Waals surface area (Å²) in [6.45, 7) is 4.48. The number of fused-ring (bicyclic) bond motifs is 1. The number of nitrogens with zero attached hydrogens (tertiary/aromatic N) is 2. The van der Waals surface area contributed by atoms with Gasteiger partial charge >= 0.3 is 0 Å². The summed E-state index contributed by atoms with van der Waals surface area (Å²) in [7, 11) is 0. The Morgan fingerprint density at radius 2 is 2.32 bits per heavy atom. The van der Waals surface area contributed by atoms with Crippen LogP contribution in [0.1, 0.15) is 30.0 Å². The van der Waals surface area contributed by atoms with Crippen LogP contribution in [0.5, 0.6) is 0 Å². The van der Waals surface area contributed by atoms with Gasteiger partial charge in [0.25, 0.3) is 0 Å². The van der Waals surface area contributed by atoms with Crippen molar-refractivity contribution in [2.75, 3.05) is 11.9 Å². The predicted octanol–water partition coefficient (Wildman–Crippen LogP) is 3.41. The van der Waals surface area contributed by atoms with Gasteiger partial charge in [0.2, 0.25) is 5.95 Å². The Labute approximate surface area is 114 Å². The molecule has 1 aromatic carbocycles. The average Bonchev–Trinajstić information content (AvgIpc) is 2.92. The minimum absolute atomic E-state index is 0.403. The summed E-state index contributed by atoms with van der Waals surface area (Å²) in [4.78, 5) is 4.41. The largest absolute Gasteiger partial charge is 0.352 e. The van der Waals surface area contributed by atoms with Gasteiger partial charge in [0.1, 0.15) is 0 Å². The van der Waals surface area contributed by atoms with Crippen LogP contribution in [0.4, 0.5) is 5.95 Å². The summed E-state index contributed by atoms with van der Waals surface area (Å²) in [6, 6.07) is 9.16. The molecule has 3 heteroatoms. The molecule has 0 bridgehead atoms. The quantitative estimate of drug-likeness (QED) is 0.846. The van der Waals surface area contributed by atoms with Gasteiger partial charge in [-0.25, -0.2) is 4.98 Å². The Bertz CT molecular complexity index is 571. The zero-order valence-electron chi connectivity index (χ0n) is 11.0. The van der Waals surface area contributed by atoms with Gasteiger partial charge in [0.05, 0.1) is 6.04 Å². The van der Waals surface area contributed by atoms with Crippen molar-refractivity contribution in [3.8, 4) is 0 Å². The van der Waals surface area contributed by atoms with E-state index in [1.165, 1.54) is 30.4 Å². The van der Waals surface area contributed by atoms with E-state index in [9.17, 15) is 0 Å². The van der Waals surface area contributed by atoms with E-state index in [4.69, 9.17) is 0 Å². The first-order valence-corrected chi connectivity index (χ1v) is 6.85. The molecule has 1 N–H and O–H groups in total. The third kappa shape index (κ3) is 2.28. The average molecular weight is 253 g/mol. The van der Waals surface area contributed by atoms with E-state index in [2.05, 4.69) is 51.9 Å². The molecule has 0 aliphatic heterocycles. The highest BCUT2D eigenvalue weighted by Crippen LogP contribution is 2.34. The molecule has 1 atom stereocenters. The van der Waals surface area contributed by atoms with E-state index in [1.54, 1.807) is 0 Å². The number of aromatic nitrogens is 2. The molecule has 3 rings (SSSR count). The fraction of sp³-hybridized carbons (Fsp3) is 0.312. The third-order valence-corrected chi connectivity index (χ3v) is 3.75. The number of hydrogen-bond donors (Lipinski definition) is 1. The lowest BCUT2D eigenvalue weighted by atomic mass is 9.87. The van der Waals surface area contributed by atoms with Crippen molar-refractivity contribution in [1.29, 1.82) is 0 Å². The summed E-state index contributed by atoms with van der Waals surface area (Å²) in [5.41, 5.74) is 2.91. The van der Waals surface area contributed by atoms with Crippen molar-refractivity contribution in [2.24, 2.45) is 0 Å². The minimum Gasteiger partial charge on any atom is -0.352 e. The second-order valence-electron chi connectivity index (χ2n) is 4.93. The van der Waals surface area contributed by atoms with Crippen LogP contribution in [0.15, 0.2) is 49.3 Å². The van der Waals surface area contributed by atoms with Crippen molar-refractivity contribution >= 4 is 5.95 Å². The Hall–Kier alpha value is -2.03. The number of nitrogens with one attached hydrogen (secondary N) is 1. The summed E-state index contributed by atoms with van der Waals surface area (Å²) in [5.74, 6) is 0.932. The summed E-state index contributed by atoms with van der Waals surface area (Å²) in [5, 5.41) is 3.30. The Morgan fingerprint density at radius 1 is 1.42 bits per heavy atom. The van der Waals surface area contributed by atoms with Crippen LogP contribution in [-0.4, -0.2) is 16.1 Å². The molecule has 1 unspecified atom stereocenters. The second kappa shape index (κ2) is 5.31. The fourth-order valence-electron chi connectivity index (χ4n) is 2.88. The van der Waals surface area contributed by atoms with Crippen molar-refractivity contribution in [2.45, 2.75) is 25.3 Å². The van der Waals surface area contributed by atoms with Crippen LogP contribution in [0.3, 0.4) is 0 Å². The molecule has 0 saturated carbocycles. The first-order valence-electron chi connectivity index (χ1n) is 6.85. The summed E-state index contributed by atoms with van der Waals surface area (Å²) < 4.78 is 2.25. The van der Waals surface area contributed by atoms with Crippen LogP contribution in [0, 0.1) is 0 Å². The number of aryl methyl sites for hydroxylation is 1. The zero-order chi connectivity index (χ0) is 13.1. The molecule has 0 spiro atoms. The maximum Gasteiger partial charge on any atom is 0.203 e. The lowest BCUT2D eigenvalue weighted by Gasteiger charge is -2.27. The molecule has 2 aromatic rings. The van der Waals surface area contributed by atoms with E-state index < -0.39 is 0 Å². The maximum atomic E-state index is 4.41. The van der Waals surface area contributed by atoms with Crippen molar-refractivity contribution in [3.63, 3.8) is 0 Å². The predicted molar refractivity (Wildman–Crippen MR) is 78.4 cm³/mol. The lowest BCUT2D eigenvalue weighted by molar-refractivity contribution is 0.493. The highest BCUT2D eigenvalue weighted by molar-refractivity contribution is 5.37. The maximum absolute atomic E-state index is 4.41. The molecule has 1 aliphatic rings. The highest BCUT2D eigenvalue weighted by Gasteiger charge is 2.22. The van der Waals surface area contributed by atoms with E-state index in [1.807, 2.05) is 12.3 Å². The van der Waals surface area contributed by atoms with Crippen molar-refractivity contribution in [3.05, 3.63) is 60.4 Å². The molecule has 19 heavy (non-hydrogen) atoms. The number of anilines is 1. The van der Waals surface area contributed by atoms with Crippen LogP contribution in [-0.2, 0) is 6.42 Å². The molecule has 1 aromatic heterocycles. The monoisotopic (exact) mass is 253 g/mol. The molecule has 0 radical (unpaired) electrons. The Balaban J connectivity index is 1.95. The molecule has 3 nitrogen and oxygen atoms in total. The second-order valence-corrected chi connectivity index (χ2v) is 4.93. The van der Waals surface area contributed by atoms with Crippen LogP contribution >= 0.6 is 0 Å². The molecule has 0 amide bonds. The molecule has 0 fully saturated rings. The van der Waals surface area contributed by atoms with Crippen molar-refractivity contribution in [1.82, 2.24) is 9.55 Å². The smallest absolute Gasteiger partial charge is 0.203 e. The minimum atomic E-state index is 0.403. The van der Waals surface area contributed by atoms with E-state index >= 15 is 0 Å². The zero-order valence-corrected chi connectivity index (χ0v) is 11.0. The molecule has 0 saturated heterocycles. The van der Waals surface area contributed by atoms with Crippen molar-refractivity contribution < 1.29 is 0 Å². The molecule has 1 aliphatic carbocycles. The van der Waals surface area contributed by atoms with Crippen LogP contribution in [0.25, 0.3) is 0 Å². The van der Waals surface area contributed by atoms with Gasteiger partial charge in [0, 0.05) is 18.9 Å². The SMILES string of the molecule is C=CCNc1nccn1C1CCCc2ccccc21. The Morgan fingerprint density at radius 3 is 3.21 bits per heavy atom. The van der Waals surface area contributed by atoms with E-state index in [-0.39, 0.29) is 0 Å². The summed E-state index contributed by atoms with van der Waals surface area (Å²) >= 11 is 0. The number of hydrogen-bond acceptors (Lipinski definition) is 2. The van der Waals surface area contributed by atoms with Crippen LogP contribution in [0.2, 0.25) is 0 Å². The number of benzene rings is 1. The van der Waals surface area contributed by atoms with Gasteiger partial charge in [-0.3, -0.25) is 0 Å². The lowest BCUT2D eigenvalue weighted by Crippen LogP contribution is -2.19. The van der Waals surface area contributed by atoms with Gasteiger partial charge in [-0.1, -0.05) is 30.3 Å². The highest BCUT2D eigenvalue weighted by atomic mass is 15.2. The fourth-order valence-corrected chi connectivity index (χ4v) is 2.88. The number of rotatable bonds is 4. The molecular weight excluding hydrogens is 234 g/mol. The van der Waals surface area contributed by atoms with Gasteiger partial charge in [-0.05, 0) is 30.4 Å². The standard InChI is InChI=1S/C16H19N3/c1-2-10-17-16-18-11-12-19(16)15-9-5-7-13-6-3-4-8-14(13)15/h2-4,6,8,11-12,15H,1,5,7,9-10H2,(H,17,18). The van der Waals surface area contributed by atoms with Gasteiger partial charge in [-0.2, -0.15) is 0 Å². The van der Waals surface area contributed by atoms with Gasteiger partial charge in [0.15, 0.2) is 0 Å². The molecular formula is C16H19N3. The molecule has 1 heterocycles. The van der Waals surface area contributed by atoms with E-state index in [0.29, 0.717) is 6.04 Å². The van der Waals surface area contributed by atoms with Gasteiger partial charge in [-0.15, -0.1) is 6.58 Å². The number of imidazole rings is 1. The first-order chi connectivity index (χ1) is 9.40. The molecule has 98 valence electrons. The topological polar surface area (TPSA) is 29.9 Å². The third-order valence-electron chi connectivity index (χ3n) is 3.75. The summed E-state index contributed by atoms with van der Waals surface area (Å²) in [6.07, 6.45) is 9.39. The Kier molecular flexibility index (Phi) is 3.36. The first kappa shape index (κ1) is 12.0. The van der Waals surface area contributed by atoms with Crippen LogP contribution < -0.4 is 5.32 Å². The van der Waals surface area contributed by atoms with Gasteiger partial charge < -0.3 is 9.88 Å². The van der Waals surface area contributed by atoms with E-state index in [0.717, 1.165) is 12.5 Å². The normalized spacial score (nSPS) is 17.8.